The second-order valence-corrected chi connectivity index (χ2v) is 5.87. The highest BCUT2D eigenvalue weighted by molar-refractivity contribution is 5.94. The number of amides is 1. The summed E-state index contributed by atoms with van der Waals surface area (Å²) in [4.78, 5) is 13.8. The molecule has 0 fully saturated rings. The summed E-state index contributed by atoms with van der Waals surface area (Å²) in [5.74, 6) is -0.0947. The molecule has 2 rings (SSSR count). The summed E-state index contributed by atoms with van der Waals surface area (Å²) in [7, 11) is 1.69. The van der Waals surface area contributed by atoms with E-state index in [1.165, 1.54) is 4.90 Å². The molecular weight excluding hydrogens is 266 g/mol. The molecule has 0 saturated heterocycles. The molecular formula is C16H21N3O2. The molecule has 0 aliphatic carbocycles. The Balaban J connectivity index is 2.03. The van der Waals surface area contributed by atoms with Crippen LogP contribution in [0.5, 0.6) is 0 Å². The maximum Gasteiger partial charge on any atom is 0.253 e. The van der Waals surface area contributed by atoms with E-state index in [4.69, 9.17) is 0 Å². The monoisotopic (exact) mass is 287 g/mol. The van der Waals surface area contributed by atoms with Crippen LogP contribution in [0.4, 0.5) is 0 Å². The van der Waals surface area contributed by atoms with Crippen molar-refractivity contribution >= 4 is 5.91 Å². The zero-order valence-electron chi connectivity index (χ0n) is 12.7. The van der Waals surface area contributed by atoms with Gasteiger partial charge in [0, 0.05) is 31.5 Å². The van der Waals surface area contributed by atoms with Crippen LogP contribution in [-0.2, 0) is 6.54 Å². The van der Waals surface area contributed by atoms with E-state index >= 15 is 0 Å². The molecule has 0 atom stereocenters. The van der Waals surface area contributed by atoms with Crippen LogP contribution in [0.25, 0.3) is 0 Å². The first-order valence-electron chi connectivity index (χ1n) is 6.89. The molecule has 1 aromatic carbocycles. The Labute approximate surface area is 124 Å². The minimum absolute atomic E-state index is 0.0947. The van der Waals surface area contributed by atoms with Crippen molar-refractivity contribution in [2.24, 2.45) is 0 Å². The molecule has 5 heteroatoms. The highest BCUT2D eigenvalue weighted by Crippen LogP contribution is 2.11. The van der Waals surface area contributed by atoms with Gasteiger partial charge in [-0.25, -0.2) is 0 Å². The Bertz CT molecular complexity index is 583. The van der Waals surface area contributed by atoms with Crippen molar-refractivity contribution in [3.05, 3.63) is 53.9 Å². The van der Waals surface area contributed by atoms with E-state index in [0.29, 0.717) is 18.7 Å². The van der Waals surface area contributed by atoms with Gasteiger partial charge in [-0.3, -0.25) is 9.48 Å². The average Bonchev–Trinajstić information content (AvgIpc) is 2.90. The molecule has 0 unspecified atom stereocenters. The molecule has 1 N–H and O–H groups in total. The molecule has 0 aliphatic rings. The van der Waals surface area contributed by atoms with Crippen LogP contribution in [0.1, 0.15) is 29.8 Å². The van der Waals surface area contributed by atoms with E-state index in [0.717, 1.165) is 5.56 Å². The fourth-order valence-electron chi connectivity index (χ4n) is 2.21. The van der Waals surface area contributed by atoms with Crippen LogP contribution in [0.15, 0.2) is 42.7 Å². The minimum atomic E-state index is -0.898. The number of nitrogens with zero attached hydrogens (tertiary/aromatic N) is 3. The number of hydrogen-bond acceptors (Lipinski definition) is 3. The van der Waals surface area contributed by atoms with E-state index in [1.807, 2.05) is 41.2 Å². The average molecular weight is 287 g/mol. The van der Waals surface area contributed by atoms with Crippen molar-refractivity contribution in [2.45, 2.75) is 26.0 Å². The largest absolute Gasteiger partial charge is 0.389 e. The smallest absolute Gasteiger partial charge is 0.253 e. The van der Waals surface area contributed by atoms with Gasteiger partial charge in [0.15, 0.2) is 0 Å². The predicted molar refractivity (Wildman–Crippen MR) is 81.0 cm³/mol. The van der Waals surface area contributed by atoms with Gasteiger partial charge in [0.2, 0.25) is 0 Å². The van der Waals surface area contributed by atoms with E-state index in [1.54, 1.807) is 27.1 Å². The van der Waals surface area contributed by atoms with Crippen molar-refractivity contribution in [1.29, 1.82) is 0 Å². The van der Waals surface area contributed by atoms with Gasteiger partial charge in [-0.05, 0) is 37.6 Å². The fraction of sp³-hybridized carbons (Fsp3) is 0.375. The molecule has 0 radical (unpaired) electrons. The van der Waals surface area contributed by atoms with Crippen LogP contribution in [0.3, 0.4) is 0 Å². The molecule has 5 nitrogen and oxygen atoms in total. The van der Waals surface area contributed by atoms with E-state index < -0.39 is 5.60 Å². The topological polar surface area (TPSA) is 58.4 Å². The number of carbonyl (C=O) groups is 1. The van der Waals surface area contributed by atoms with E-state index in [-0.39, 0.29) is 5.91 Å². The van der Waals surface area contributed by atoms with Gasteiger partial charge in [-0.2, -0.15) is 5.10 Å². The van der Waals surface area contributed by atoms with E-state index in [2.05, 4.69) is 5.10 Å². The quantitative estimate of drug-likeness (QED) is 0.912. The van der Waals surface area contributed by atoms with Gasteiger partial charge in [0.1, 0.15) is 0 Å². The van der Waals surface area contributed by atoms with Crippen molar-refractivity contribution in [3.8, 4) is 0 Å². The molecule has 1 aromatic heterocycles. The second-order valence-electron chi connectivity index (χ2n) is 5.87. The third kappa shape index (κ3) is 4.43. The molecule has 2 aromatic rings. The maximum atomic E-state index is 12.2. The number of aliphatic hydroxyl groups is 1. The number of benzene rings is 1. The number of carbonyl (C=O) groups excluding carboxylic acids is 1. The third-order valence-electron chi connectivity index (χ3n) is 3.08. The van der Waals surface area contributed by atoms with Crippen LogP contribution in [-0.4, -0.2) is 44.9 Å². The van der Waals surface area contributed by atoms with Gasteiger partial charge >= 0.3 is 0 Å². The standard InChI is InChI=1S/C16H21N3O2/c1-16(2,21)12-18(3)15(20)14-7-5-13(6-8-14)11-19-10-4-9-17-19/h4-10,21H,11-12H2,1-3H3. The minimum Gasteiger partial charge on any atom is -0.389 e. The molecule has 112 valence electrons. The number of rotatable bonds is 5. The van der Waals surface area contributed by atoms with E-state index in [9.17, 15) is 9.90 Å². The van der Waals surface area contributed by atoms with Crippen LogP contribution in [0.2, 0.25) is 0 Å². The lowest BCUT2D eigenvalue weighted by molar-refractivity contribution is 0.0368. The van der Waals surface area contributed by atoms with Gasteiger partial charge in [0.05, 0.1) is 12.1 Å². The second kappa shape index (κ2) is 6.10. The first kappa shape index (κ1) is 15.3. The zero-order chi connectivity index (χ0) is 15.5. The highest BCUT2D eigenvalue weighted by Gasteiger charge is 2.20. The highest BCUT2D eigenvalue weighted by atomic mass is 16.3. The van der Waals surface area contributed by atoms with Crippen LogP contribution in [0, 0.1) is 0 Å². The molecule has 0 spiro atoms. The molecule has 0 saturated carbocycles. The van der Waals surface area contributed by atoms with Crippen LogP contribution >= 0.6 is 0 Å². The summed E-state index contributed by atoms with van der Waals surface area (Å²) < 4.78 is 1.83. The Morgan fingerprint density at radius 3 is 2.52 bits per heavy atom. The first-order valence-corrected chi connectivity index (χ1v) is 6.89. The molecule has 0 bridgehead atoms. The lowest BCUT2D eigenvalue weighted by Gasteiger charge is -2.25. The SMILES string of the molecule is CN(CC(C)(C)O)C(=O)c1ccc(Cn2cccn2)cc1. The maximum absolute atomic E-state index is 12.2. The lowest BCUT2D eigenvalue weighted by Crippen LogP contribution is -2.39. The normalized spacial score (nSPS) is 11.4. The number of likely N-dealkylation sites (N-methyl/N-ethyl adjacent to an activating group) is 1. The van der Waals surface area contributed by atoms with Crippen molar-refractivity contribution in [3.63, 3.8) is 0 Å². The predicted octanol–water partition coefficient (Wildman–Crippen LogP) is 1.77. The molecule has 1 amide bonds. The van der Waals surface area contributed by atoms with Crippen molar-refractivity contribution < 1.29 is 9.90 Å². The number of hydrogen-bond donors (Lipinski definition) is 1. The van der Waals surface area contributed by atoms with Crippen molar-refractivity contribution in [2.75, 3.05) is 13.6 Å². The Morgan fingerprint density at radius 1 is 1.33 bits per heavy atom. The van der Waals surface area contributed by atoms with Gasteiger partial charge in [0.25, 0.3) is 5.91 Å². The summed E-state index contributed by atoms with van der Waals surface area (Å²) in [6, 6.07) is 9.34. The third-order valence-corrected chi connectivity index (χ3v) is 3.08. The fourth-order valence-corrected chi connectivity index (χ4v) is 2.21. The lowest BCUT2D eigenvalue weighted by atomic mass is 10.1. The molecule has 0 aliphatic heterocycles. The summed E-state index contributed by atoms with van der Waals surface area (Å²) in [6.07, 6.45) is 3.64. The Kier molecular flexibility index (Phi) is 4.43. The Morgan fingerprint density at radius 2 is 2.00 bits per heavy atom. The first-order chi connectivity index (χ1) is 9.85. The number of aromatic nitrogens is 2. The van der Waals surface area contributed by atoms with Crippen molar-refractivity contribution in [1.82, 2.24) is 14.7 Å². The van der Waals surface area contributed by atoms with Gasteiger partial charge < -0.3 is 10.0 Å². The summed E-state index contributed by atoms with van der Waals surface area (Å²) in [6.45, 7) is 4.34. The van der Waals surface area contributed by atoms with Gasteiger partial charge in [-0.1, -0.05) is 12.1 Å². The van der Waals surface area contributed by atoms with Gasteiger partial charge in [-0.15, -0.1) is 0 Å². The molecule has 1 heterocycles. The summed E-state index contributed by atoms with van der Waals surface area (Å²) in [5.41, 5.74) is 0.802. The summed E-state index contributed by atoms with van der Waals surface area (Å²) in [5, 5.41) is 13.9. The molecule has 21 heavy (non-hydrogen) atoms. The zero-order valence-corrected chi connectivity index (χ0v) is 12.7. The Hall–Kier alpha value is -2.14. The van der Waals surface area contributed by atoms with Crippen LogP contribution < -0.4 is 0 Å². The summed E-state index contributed by atoms with van der Waals surface area (Å²) >= 11 is 0.